The zero-order valence-electron chi connectivity index (χ0n) is 17.5. The van der Waals surface area contributed by atoms with Gasteiger partial charge in [0.05, 0.1) is 24.2 Å². The SMILES string of the molecule is Cc1cc2nc3c(=O)[nH]c(=O)nc-3n(C[C@H](O)[C@H](O)[C@H](O)CO)c2cc1C.P.[H-].[Na+]. The number of aliphatic hydroxyl groups is 4. The molecular weight excluding hydrogens is 410 g/mol. The number of rotatable bonds is 5. The number of aromatic nitrogens is 4. The second-order valence-corrected chi connectivity index (χ2v) is 6.50. The van der Waals surface area contributed by atoms with Crippen LogP contribution in [0.2, 0.25) is 0 Å². The smallest absolute Gasteiger partial charge is 1.00 e. The normalized spacial score (nSPS) is 14.1. The van der Waals surface area contributed by atoms with E-state index in [1.54, 1.807) is 12.1 Å². The number of aliphatic hydroxyl groups excluding tert-OH is 4. The number of nitrogens with zero attached hydrogens (tertiary/aromatic N) is 3. The number of aromatic amines is 1. The van der Waals surface area contributed by atoms with E-state index >= 15 is 0 Å². The van der Waals surface area contributed by atoms with Gasteiger partial charge in [-0.05, 0) is 37.1 Å². The van der Waals surface area contributed by atoms with Gasteiger partial charge in [-0.2, -0.15) is 14.9 Å². The van der Waals surface area contributed by atoms with Gasteiger partial charge in [-0.25, -0.2) is 9.78 Å². The topological polar surface area (TPSA) is 162 Å². The summed E-state index contributed by atoms with van der Waals surface area (Å²) in [5.74, 6) is -0.0516. The van der Waals surface area contributed by atoms with E-state index in [2.05, 4.69) is 15.0 Å². The first kappa shape index (κ1) is 25.8. The molecule has 0 saturated heterocycles. The average molecular weight is 434 g/mol. The minimum Gasteiger partial charge on any atom is -1.00 e. The van der Waals surface area contributed by atoms with E-state index in [4.69, 9.17) is 5.11 Å². The molecule has 3 rings (SSSR count). The van der Waals surface area contributed by atoms with Crippen molar-refractivity contribution in [1.82, 2.24) is 19.5 Å². The number of benzene rings is 1. The van der Waals surface area contributed by atoms with Crippen LogP contribution in [0, 0.1) is 13.8 Å². The van der Waals surface area contributed by atoms with Crippen molar-refractivity contribution < 1.29 is 51.4 Å². The van der Waals surface area contributed by atoms with E-state index in [9.17, 15) is 24.9 Å². The monoisotopic (exact) mass is 434 g/mol. The van der Waals surface area contributed by atoms with E-state index in [1.165, 1.54) is 4.57 Å². The Morgan fingerprint density at radius 3 is 2.34 bits per heavy atom. The molecule has 0 aliphatic carbocycles. The Labute approximate surface area is 192 Å². The molecule has 2 aliphatic rings. The minimum absolute atomic E-state index is 0. The summed E-state index contributed by atoms with van der Waals surface area (Å²) in [6, 6.07) is 3.53. The summed E-state index contributed by atoms with van der Waals surface area (Å²) in [4.78, 5) is 34.0. The molecule has 2 heterocycles. The fourth-order valence-electron chi connectivity index (χ4n) is 2.89. The Kier molecular flexibility index (Phi) is 9.07. The summed E-state index contributed by atoms with van der Waals surface area (Å²) in [5.41, 5.74) is 1.11. The van der Waals surface area contributed by atoms with Crippen LogP contribution in [-0.2, 0) is 6.54 Å². The van der Waals surface area contributed by atoms with Crippen molar-refractivity contribution in [2.24, 2.45) is 0 Å². The quantitative estimate of drug-likeness (QED) is 0.152. The maximum atomic E-state index is 12.2. The molecule has 154 valence electrons. The van der Waals surface area contributed by atoms with Crippen molar-refractivity contribution in [2.45, 2.75) is 38.7 Å². The number of hydrogen-bond donors (Lipinski definition) is 5. The predicted molar refractivity (Wildman–Crippen MR) is 108 cm³/mol. The summed E-state index contributed by atoms with van der Waals surface area (Å²) < 4.78 is 1.40. The Bertz CT molecular complexity index is 1090. The third-order valence-corrected chi connectivity index (χ3v) is 4.57. The molecule has 0 aromatic heterocycles. The number of fused-ring (bicyclic) bond motifs is 2. The van der Waals surface area contributed by atoms with Gasteiger partial charge in [0.2, 0.25) is 0 Å². The van der Waals surface area contributed by atoms with Crippen molar-refractivity contribution in [2.75, 3.05) is 6.61 Å². The number of hydrogen-bond acceptors (Lipinski definition) is 8. The predicted octanol–water partition coefficient (Wildman–Crippen LogP) is -4.55. The molecule has 29 heavy (non-hydrogen) atoms. The summed E-state index contributed by atoms with van der Waals surface area (Å²) in [7, 11) is 0. The fourth-order valence-corrected chi connectivity index (χ4v) is 2.89. The van der Waals surface area contributed by atoms with Crippen LogP contribution in [0.25, 0.3) is 22.6 Å². The summed E-state index contributed by atoms with van der Waals surface area (Å²) in [6.07, 6.45) is -4.68. The molecule has 4 atom stereocenters. The first-order valence-corrected chi connectivity index (χ1v) is 8.29. The molecule has 0 saturated carbocycles. The molecule has 2 aliphatic heterocycles. The molecule has 1 unspecified atom stereocenters. The molecule has 10 nitrogen and oxygen atoms in total. The number of nitrogens with one attached hydrogen (secondary N) is 1. The van der Waals surface area contributed by atoms with Crippen molar-refractivity contribution in [1.29, 1.82) is 0 Å². The van der Waals surface area contributed by atoms with Crippen molar-refractivity contribution in [3.8, 4) is 11.5 Å². The molecular formula is C17H24N4NaO6P. The van der Waals surface area contributed by atoms with E-state index in [-0.39, 0.29) is 58.9 Å². The summed E-state index contributed by atoms with van der Waals surface area (Å²) in [6.45, 7) is 2.73. The van der Waals surface area contributed by atoms with Gasteiger partial charge in [0, 0.05) is 0 Å². The Balaban J connectivity index is 0.00000280. The molecule has 0 spiro atoms. The van der Waals surface area contributed by atoms with Gasteiger partial charge in [0.1, 0.15) is 18.3 Å². The first-order valence-electron chi connectivity index (χ1n) is 8.29. The van der Waals surface area contributed by atoms with Crippen LogP contribution in [0.5, 0.6) is 0 Å². The van der Waals surface area contributed by atoms with Crippen molar-refractivity contribution >= 4 is 20.9 Å². The van der Waals surface area contributed by atoms with Gasteiger partial charge in [-0.15, -0.1) is 0 Å². The Morgan fingerprint density at radius 1 is 1.10 bits per heavy atom. The van der Waals surface area contributed by atoms with E-state index in [0.29, 0.717) is 11.0 Å². The number of H-pyrrole nitrogens is 1. The minimum atomic E-state index is -1.64. The second-order valence-electron chi connectivity index (χ2n) is 6.50. The summed E-state index contributed by atoms with van der Waals surface area (Å²) >= 11 is 0. The molecule has 0 amide bonds. The molecule has 0 radical (unpaired) electrons. The van der Waals surface area contributed by atoms with Gasteiger partial charge in [-0.1, -0.05) is 0 Å². The summed E-state index contributed by atoms with van der Waals surface area (Å²) in [5, 5.41) is 38.8. The first-order chi connectivity index (χ1) is 12.7. The molecule has 0 bridgehead atoms. The van der Waals surface area contributed by atoms with E-state index < -0.39 is 36.2 Å². The molecule has 1 aromatic rings. The zero-order chi connectivity index (χ0) is 19.9. The van der Waals surface area contributed by atoms with Crippen LogP contribution in [0.1, 0.15) is 12.6 Å². The maximum Gasteiger partial charge on any atom is 1.00 e. The average Bonchev–Trinajstić information content (AvgIpc) is 2.62. The van der Waals surface area contributed by atoms with Crippen LogP contribution in [-0.4, -0.2) is 64.9 Å². The van der Waals surface area contributed by atoms with Gasteiger partial charge in [0.15, 0.2) is 11.5 Å². The second kappa shape index (κ2) is 10.2. The van der Waals surface area contributed by atoms with Crippen molar-refractivity contribution in [3.05, 3.63) is 44.1 Å². The van der Waals surface area contributed by atoms with Crippen LogP contribution >= 0.6 is 9.90 Å². The van der Waals surface area contributed by atoms with Crippen LogP contribution in [0.15, 0.2) is 21.7 Å². The molecule has 1 aromatic carbocycles. The van der Waals surface area contributed by atoms with Gasteiger partial charge >= 0.3 is 35.2 Å². The third-order valence-electron chi connectivity index (χ3n) is 4.57. The van der Waals surface area contributed by atoms with E-state index in [1.807, 2.05) is 13.8 Å². The standard InChI is InChI=1S/C17H20N4O6.Na.H3P.H/c1-7-3-9-10(4-8(7)2)21(5-11(23)14(25)12(24)6-22)15-13(18-9)16(26)20-17(27)19-15;;;/h3-4,11-12,14,22-25H,5-6H2,1-2H3,(H,20,26,27);;1H3;/q;+1;;-1/t11-,12+,14-;;;/m0.../s1. The Hall–Kier alpha value is -1.23. The molecule has 12 heteroatoms. The fraction of sp³-hybridized carbons (Fsp3) is 0.412. The maximum absolute atomic E-state index is 12.2. The third kappa shape index (κ3) is 5.10. The van der Waals surface area contributed by atoms with Gasteiger partial charge < -0.3 is 26.4 Å². The van der Waals surface area contributed by atoms with Gasteiger partial charge in [-0.3, -0.25) is 9.78 Å². The van der Waals surface area contributed by atoms with Crippen LogP contribution in [0.4, 0.5) is 0 Å². The number of aryl methyl sites for hydroxylation is 2. The molecule has 0 fully saturated rings. The van der Waals surface area contributed by atoms with E-state index in [0.717, 1.165) is 11.1 Å². The largest absolute Gasteiger partial charge is 1.00 e. The zero-order valence-corrected chi connectivity index (χ0v) is 19.9. The van der Waals surface area contributed by atoms with Crippen molar-refractivity contribution in [3.63, 3.8) is 0 Å². The molecule has 5 N–H and O–H groups in total. The Morgan fingerprint density at radius 2 is 1.72 bits per heavy atom. The van der Waals surface area contributed by atoms with Crippen LogP contribution in [0.3, 0.4) is 0 Å². The van der Waals surface area contributed by atoms with Gasteiger partial charge in [0.25, 0.3) is 5.56 Å². The van der Waals surface area contributed by atoms with Crippen LogP contribution < -0.4 is 40.8 Å².